The number of hydrogen-bond acceptors (Lipinski definition) is 5. The molecule has 0 atom stereocenters. The van der Waals surface area contributed by atoms with Gasteiger partial charge in [0.1, 0.15) is 6.61 Å². The third kappa shape index (κ3) is 4.71. The maximum atomic E-state index is 13.0. The van der Waals surface area contributed by atoms with Gasteiger partial charge >= 0.3 is 0 Å². The van der Waals surface area contributed by atoms with Gasteiger partial charge in [-0.1, -0.05) is 72.0 Å². The maximum absolute atomic E-state index is 13.0. The summed E-state index contributed by atoms with van der Waals surface area (Å²) in [4.78, 5) is 15.2. The second-order valence-corrected chi connectivity index (χ2v) is 9.15. The number of nitrogens with zero attached hydrogens (tertiary/aromatic N) is 1. The van der Waals surface area contributed by atoms with E-state index in [1.807, 2.05) is 73.7 Å². The minimum atomic E-state index is -0.123. The molecule has 0 unspecified atom stereocenters. The van der Waals surface area contributed by atoms with E-state index in [9.17, 15) is 4.79 Å². The fourth-order valence-electron chi connectivity index (χ4n) is 3.36. The number of benzene rings is 3. The Bertz CT molecular complexity index is 1200. The topological polar surface area (TPSA) is 38.8 Å². The molecule has 0 aromatic heterocycles. The molecule has 0 radical (unpaired) electrons. The van der Waals surface area contributed by atoms with Gasteiger partial charge in [-0.05, 0) is 60.9 Å². The van der Waals surface area contributed by atoms with Crippen molar-refractivity contribution in [2.75, 3.05) is 12.0 Å². The number of hydrogen-bond donors (Lipinski definition) is 0. The van der Waals surface area contributed by atoms with E-state index in [2.05, 4.69) is 13.0 Å². The van der Waals surface area contributed by atoms with E-state index >= 15 is 0 Å². The smallest absolute Gasteiger partial charge is 0.270 e. The second-order valence-electron chi connectivity index (χ2n) is 7.48. The first-order chi connectivity index (χ1) is 15.5. The fraction of sp³-hybridized carbons (Fsp3) is 0.154. The molecule has 162 valence electrons. The van der Waals surface area contributed by atoms with Gasteiger partial charge in [0.2, 0.25) is 0 Å². The summed E-state index contributed by atoms with van der Waals surface area (Å²) in [7, 11) is 1.61. The molecule has 1 fully saturated rings. The van der Waals surface area contributed by atoms with Crippen LogP contribution in [0.2, 0.25) is 0 Å². The van der Waals surface area contributed by atoms with Crippen molar-refractivity contribution in [2.45, 2.75) is 20.5 Å². The Labute approximate surface area is 197 Å². The predicted molar refractivity (Wildman–Crippen MR) is 135 cm³/mol. The molecule has 1 aliphatic heterocycles. The van der Waals surface area contributed by atoms with Crippen molar-refractivity contribution < 1.29 is 14.3 Å². The lowest BCUT2D eigenvalue weighted by atomic mass is 10.1. The number of anilines is 1. The average molecular weight is 462 g/mol. The molecule has 0 saturated carbocycles. The number of amides is 1. The van der Waals surface area contributed by atoms with Crippen molar-refractivity contribution in [1.82, 2.24) is 0 Å². The highest BCUT2D eigenvalue weighted by Crippen LogP contribution is 2.37. The highest BCUT2D eigenvalue weighted by Gasteiger charge is 2.33. The lowest BCUT2D eigenvalue weighted by molar-refractivity contribution is -0.113. The highest BCUT2D eigenvalue weighted by molar-refractivity contribution is 8.27. The number of thioether (sulfide) groups is 1. The second kappa shape index (κ2) is 9.59. The van der Waals surface area contributed by atoms with E-state index in [1.54, 1.807) is 12.0 Å². The van der Waals surface area contributed by atoms with Crippen LogP contribution < -0.4 is 14.4 Å². The summed E-state index contributed by atoms with van der Waals surface area (Å²) in [6.07, 6.45) is 1.83. The summed E-state index contributed by atoms with van der Waals surface area (Å²) in [5.41, 5.74) is 5.05. The lowest BCUT2D eigenvalue weighted by Crippen LogP contribution is -2.27. The maximum Gasteiger partial charge on any atom is 0.270 e. The molecule has 1 amide bonds. The number of rotatable bonds is 6. The average Bonchev–Trinajstić information content (AvgIpc) is 3.07. The van der Waals surface area contributed by atoms with Crippen molar-refractivity contribution in [1.29, 1.82) is 0 Å². The molecule has 0 aliphatic carbocycles. The summed E-state index contributed by atoms with van der Waals surface area (Å²) in [5, 5.41) is 0. The van der Waals surface area contributed by atoms with Crippen LogP contribution in [0, 0.1) is 13.8 Å². The standard InChI is InChI=1S/C26H23NO3S2/c1-17-8-11-21(12-9-17)27-25(28)24(32-26(27)31)15-19-10-13-22(23(14-19)29-3)30-16-20-7-5-4-6-18(20)2/h4-15H,16H2,1-3H3/b24-15-. The number of thiocarbonyl (C=S) groups is 1. The van der Waals surface area contributed by atoms with Gasteiger partial charge in [-0.3, -0.25) is 9.69 Å². The van der Waals surface area contributed by atoms with Crippen LogP contribution in [0.5, 0.6) is 11.5 Å². The van der Waals surface area contributed by atoms with Crippen LogP contribution in [0.25, 0.3) is 6.08 Å². The van der Waals surface area contributed by atoms with E-state index < -0.39 is 0 Å². The molecule has 32 heavy (non-hydrogen) atoms. The van der Waals surface area contributed by atoms with E-state index in [0.717, 1.165) is 22.4 Å². The molecule has 0 N–H and O–H groups in total. The Morgan fingerprint density at radius 2 is 1.75 bits per heavy atom. The molecule has 1 saturated heterocycles. The Morgan fingerprint density at radius 1 is 1.00 bits per heavy atom. The van der Waals surface area contributed by atoms with Crippen LogP contribution in [-0.4, -0.2) is 17.3 Å². The first-order valence-corrected chi connectivity index (χ1v) is 11.4. The van der Waals surface area contributed by atoms with Crippen molar-refractivity contribution in [2.24, 2.45) is 0 Å². The zero-order valence-corrected chi connectivity index (χ0v) is 19.8. The van der Waals surface area contributed by atoms with E-state index in [0.29, 0.717) is 27.3 Å². The van der Waals surface area contributed by atoms with Crippen LogP contribution in [0.1, 0.15) is 22.3 Å². The Morgan fingerprint density at radius 3 is 2.47 bits per heavy atom. The Balaban J connectivity index is 1.53. The predicted octanol–water partition coefficient (Wildman–Crippen LogP) is 6.30. The summed E-state index contributed by atoms with van der Waals surface area (Å²) in [6.45, 7) is 4.53. The first kappa shape index (κ1) is 22.1. The quantitative estimate of drug-likeness (QED) is 0.318. The summed E-state index contributed by atoms with van der Waals surface area (Å²) in [6, 6.07) is 21.5. The van der Waals surface area contributed by atoms with Crippen LogP contribution in [0.4, 0.5) is 5.69 Å². The molecular formula is C26H23NO3S2. The minimum Gasteiger partial charge on any atom is -0.493 e. The first-order valence-electron chi connectivity index (χ1n) is 10.2. The van der Waals surface area contributed by atoms with Crippen LogP contribution >= 0.6 is 24.0 Å². The van der Waals surface area contributed by atoms with Crippen molar-refractivity contribution >= 4 is 46.0 Å². The number of methoxy groups -OCH3 is 1. The zero-order valence-electron chi connectivity index (χ0n) is 18.1. The largest absolute Gasteiger partial charge is 0.493 e. The number of carbonyl (C=O) groups is 1. The van der Waals surface area contributed by atoms with E-state index in [-0.39, 0.29) is 5.91 Å². The monoisotopic (exact) mass is 461 g/mol. The molecule has 3 aromatic rings. The van der Waals surface area contributed by atoms with Crippen molar-refractivity contribution in [3.05, 3.63) is 93.9 Å². The fourth-order valence-corrected chi connectivity index (χ4v) is 4.66. The van der Waals surface area contributed by atoms with Gasteiger partial charge in [-0.15, -0.1) is 0 Å². The molecule has 1 aliphatic rings. The van der Waals surface area contributed by atoms with Gasteiger partial charge in [-0.25, -0.2) is 0 Å². The summed E-state index contributed by atoms with van der Waals surface area (Å²) < 4.78 is 12.1. The third-order valence-electron chi connectivity index (χ3n) is 5.22. The van der Waals surface area contributed by atoms with Gasteiger partial charge in [0, 0.05) is 0 Å². The molecule has 6 heteroatoms. The van der Waals surface area contributed by atoms with Gasteiger partial charge in [0.25, 0.3) is 5.91 Å². The number of aryl methyl sites for hydroxylation is 2. The van der Waals surface area contributed by atoms with Crippen LogP contribution in [0.3, 0.4) is 0 Å². The molecular weight excluding hydrogens is 438 g/mol. The van der Waals surface area contributed by atoms with Crippen LogP contribution in [-0.2, 0) is 11.4 Å². The Hall–Kier alpha value is -3.09. The molecule has 0 spiro atoms. The van der Waals surface area contributed by atoms with Gasteiger partial charge in [0.05, 0.1) is 17.7 Å². The zero-order chi connectivity index (χ0) is 22.7. The van der Waals surface area contributed by atoms with Gasteiger partial charge < -0.3 is 9.47 Å². The summed E-state index contributed by atoms with van der Waals surface area (Å²) in [5.74, 6) is 1.14. The van der Waals surface area contributed by atoms with Crippen LogP contribution in [0.15, 0.2) is 71.6 Å². The number of carbonyl (C=O) groups excluding carboxylic acids is 1. The normalized spacial score (nSPS) is 14.8. The van der Waals surface area contributed by atoms with Crippen molar-refractivity contribution in [3.63, 3.8) is 0 Å². The SMILES string of the molecule is COc1cc(/C=C2\SC(=S)N(c3ccc(C)cc3)C2=O)ccc1OCc1ccccc1C. The van der Waals surface area contributed by atoms with Gasteiger partial charge in [0.15, 0.2) is 15.8 Å². The summed E-state index contributed by atoms with van der Waals surface area (Å²) >= 11 is 6.77. The lowest BCUT2D eigenvalue weighted by Gasteiger charge is -2.14. The molecule has 0 bridgehead atoms. The molecule has 1 heterocycles. The van der Waals surface area contributed by atoms with Gasteiger partial charge in [-0.2, -0.15) is 0 Å². The Kier molecular flexibility index (Phi) is 6.63. The minimum absolute atomic E-state index is 0.123. The molecule has 4 nitrogen and oxygen atoms in total. The third-order valence-corrected chi connectivity index (χ3v) is 6.52. The molecule has 4 rings (SSSR count). The molecule has 3 aromatic carbocycles. The highest BCUT2D eigenvalue weighted by atomic mass is 32.2. The number of ether oxygens (including phenoxy) is 2. The van der Waals surface area contributed by atoms with E-state index in [4.69, 9.17) is 21.7 Å². The van der Waals surface area contributed by atoms with E-state index in [1.165, 1.54) is 17.3 Å². The van der Waals surface area contributed by atoms with Crippen molar-refractivity contribution in [3.8, 4) is 11.5 Å².